The van der Waals surface area contributed by atoms with E-state index in [0.29, 0.717) is 11.9 Å². The Morgan fingerprint density at radius 3 is 2.91 bits per heavy atom. The minimum atomic E-state index is 0.429. The van der Waals surface area contributed by atoms with Crippen molar-refractivity contribution in [3.8, 4) is 0 Å². The van der Waals surface area contributed by atoms with Gasteiger partial charge in [0.05, 0.1) is 0 Å². The maximum absolute atomic E-state index is 5.70. The number of anilines is 2. The van der Waals surface area contributed by atoms with Crippen LogP contribution in [-0.2, 0) is 6.42 Å². The van der Waals surface area contributed by atoms with Crippen LogP contribution < -0.4 is 11.1 Å². The minimum absolute atomic E-state index is 0.429. The highest BCUT2D eigenvalue weighted by atomic mass is 15.2. The van der Waals surface area contributed by atoms with Crippen molar-refractivity contribution in [1.29, 1.82) is 0 Å². The first-order valence-corrected chi connectivity index (χ1v) is 7.90. The van der Waals surface area contributed by atoms with Crippen LogP contribution in [0.15, 0.2) is 42.7 Å². The van der Waals surface area contributed by atoms with Crippen LogP contribution in [0.2, 0.25) is 0 Å². The lowest BCUT2D eigenvalue weighted by Gasteiger charge is -2.33. The van der Waals surface area contributed by atoms with Crippen molar-refractivity contribution in [3.63, 3.8) is 0 Å². The number of nitrogen functional groups attached to an aromatic ring is 1. The molecule has 5 heteroatoms. The molecule has 22 heavy (non-hydrogen) atoms. The zero-order valence-electron chi connectivity index (χ0n) is 12.8. The smallest absolute Gasteiger partial charge is 0.131 e. The average Bonchev–Trinajstić information content (AvgIpc) is 2.54. The Morgan fingerprint density at radius 1 is 1.23 bits per heavy atom. The Morgan fingerprint density at radius 2 is 2.09 bits per heavy atom. The number of aromatic nitrogens is 2. The van der Waals surface area contributed by atoms with Gasteiger partial charge < -0.3 is 16.0 Å². The Labute approximate surface area is 131 Å². The first-order chi connectivity index (χ1) is 10.8. The van der Waals surface area contributed by atoms with Crippen LogP contribution in [0.5, 0.6) is 0 Å². The van der Waals surface area contributed by atoms with Gasteiger partial charge in [-0.05, 0) is 31.4 Å². The molecule has 2 aromatic rings. The fraction of sp³-hybridized carbons (Fsp3) is 0.412. The second-order valence-electron chi connectivity index (χ2n) is 5.85. The van der Waals surface area contributed by atoms with E-state index >= 15 is 0 Å². The summed E-state index contributed by atoms with van der Waals surface area (Å²) < 4.78 is 0. The molecule has 1 aromatic carbocycles. The highest BCUT2D eigenvalue weighted by Gasteiger charge is 2.19. The number of nitrogens with zero attached hydrogens (tertiary/aromatic N) is 3. The number of likely N-dealkylation sites (tertiary alicyclic amines) is 1. The summed E-state index contributed by atoms with van der Waals surface area (Å²) in [5.74, 6) is 1.33. The molecule has 0 amide bonds. The first kappa shape index (κ1) is 14.8. The van der Waals surface area contributed by atoms with Crippen molar-refractivity contribution < 1.29 is 0 Å². The second-order valence-corrected chi connectivity index (χ2v) is 5.85. The van der Waals surface area contributed by atoms with E-state index in [-0.39, 0.29) is 0 Å². The Hall–Kier alpha value is -2.14. The molecule has 1 aliphatic heterocycles. The topological polar surface area (TPSA) is 67.1 Å². The highest BCUT2D eigenvalue weighted by molar-refractivity contribution is 5.44. The van der Waals surface area contributed by atoms with Gasteiger partial charge >= 0.3 is 0 Å². The molecule has 1 unspecified atom stereocenters. The zero-order chi connectivity index (χ0) is 15.2. The van der Waals surface area contributed by atoms with Gasteiger partial charge in [0.1, 0.15) is 18.0 Å². The van der Waals surface area contributed by atoms with Crippen molar-refractivity contribution in [2.45, 2.75) is 25.3 Å². The van der Waals surface area contributed by atoms with Crippen LogP contribution in [-0.4, -0.2) is 40.5 Å². The zero-order valence-corrected chi connectivity index (χ0v) is 12.8. The van der Waals surface area contributed by atoms with Crippen molar-refractivity contribution in [3.05, 3.63) is 48.3 Å². The van der Waals surface area contributed by atoms with Gasteiger partial charge in [-0.2, -0.15) is 0 Å². The lowest BCUT2D eigenvalue weighted by Crippen LogP contribution is -2.43. The van der Waals surface area contributed by atoms with Crippen LogP contribution in [0.3, 0.4) is 0 Å². The van der Waals surface area contributed by atoms with Crippen LogP contribution in [0, 0.1) is 0 Å². The Balaban J connectivity index is 1.51. The van der Waals surface area contributed by atoms with Gasteiger partial charge in [-0.15, -0.1) is 0 Å². The lowest BCUT2D eigenvalue weighted by atomic mass is 10.0. The van der Waals surface area contributed by atoms with Gasteiger partial charge in [0.2, 0.25) is 0 Å². The summed E-state index contributed by atoms with van der Waals surface area (Å²) in [5.41, 5.74) is 7.11. The number of nitrogens with one attached hydrogen (secondary N) is 1. The van der Waals surface area contributed by atoms with E-state index in [0.717, 1.165) is 25.3 Å². The van der Waals surface area contributed by atoms with E-state index in [1.165, 1.54) is 31.3 Å². The predicted molar refractivity (Wildman–Crippen MR) is 89.7 cm³/mol. The molecule has 5 nitrogen and oxygen atoms in total. The average molecular weight is 297 g/mol. The standard InChI is InChI=1S/C17H23N5/c18-16-11-17(20-13-19-16)21-15-7-4-9-22(12-15)10-8-14-5-2-1-3-6-14/h1-3,5-6,11,13,15H,4,7-10,12H2,(H3,18,19,20,21). The number of benzene rings is 1. The minimum Gasteiger partial charge on any atom is -0.384 e. The molecule has 3 N–H and O–H groups in total. The second kappa shape index (κ2) is 7.22. The van der Waals surface area contributed by atoms with Crippen molar-refractivity contribution in [2.24, 2.45) is 0 Å². The molecule has 2 heterocycles. The Kier molecular flexibility index (Phi) is 4.85. The molecular formula is C17H23N5. The predicted octanol–water partition coefficient (Wildman–Crippen LogP) is 2.18. The third-order valence-corrected chi connectivity index (χ3v) is 4.11. The van der Waals surface area contributed by atoms with Gasteiger partial charge in [0.15, 0.2) is 0 Å². The van der Waals surface area contributed by atoms with Gasteiger partial charge in [0.25, 0.3) is 0 Å². The monoisotopic (exact) mass is 297 g/mol. The summed E-state index contributed by atoms with van der Waals surface area (Å²) >= 11 is 0. The fourth-order valence-corrected chi connectivity index (χ4v) is 2.97. The van der Waals surface area contributed by atoms with Crippen molar-refractivity contribution in [1.82, 2.24) is 14.9 Å². The molecule has 0 radical (unpaired) electrons. The molecule has 1 fully saturated rings. The van der Waals surface area contributed by atoms with E-state index in [2.05, 4.69) is 50.5 Å². The number of nitrogens with two attached hydrogens (primary N) is 1. The van der Waals surface area contributed by atoms with Crippen molar-refractivity contribution >= 4 is 11.6 Å². The quantitative estimate of drug-likeness (QED) is 0.885. The van der Waals surface area contributed by atoms with Gasteiger partial charge in [0, 0.05) is 25.2 Å². The molecule has 0 bridgehead atoms. The molecule has 0 saturated carbocycles. The number of piperidine rings is 1. The summed E-state index contributed by atoms with van der Waals surface area (Å²) in [5, 5.41) is 3.48. The Bertz CT molecular complexity index is 587. The van der Waals surface area contributed by atoms with E-state index in [9.17, 15) is 0 Å². The van der Waals surface area contributed by atoms with E-state index < -0.39 is 0 Å². The maximum Gasteiger partial charge on any atom is 0.131 e. The molecule has 1 aromatic heterocycles. The van der Waals surface area contributed by atoms with Gasteiger partial charge in [-0.1, -0.05) is 30.3 Å². The number of hydrogen-bond donors (Lipinski definition) is 2. The van der Waals surface area contributed by atoms with Crippen molar-refractivity contribution in [2.75, 3.05) is 30.7 Å². The summed E-state index contributed by atoms with van der Waals surface area (Å²) in [6.07, 6.45) is 5.00. The van der Waals surface area contributed by atoms with Crippen LogP contribution in [0.4, 0.5) is 11.6 Å². The van der Waals surface area contributed by atoms with Crippen LogP contribution in [0.25, 0.3) is 0 Å². The number of rotatable bonds is 5. The lowest BCUT2D eigenvalue weighted by molar-refractivity contribution is 0.218. The van der Waals surface area contributed by atoms with Gasteiger partial charge in [-0.3, -0.25) is 0 Å². The van der Waals surface area contributed by atoms with E-state index in [4.69, 9.17) is 5.73 Å². The molecule has 3 rings (SSSR count). The normalized spacial score (nSPS) is 19.0. The molecule has 1 saturated heterocycles. The SMILES string of the molecule is Nc1cc(NC2CCCN(CCc3ccccc3)C2)ncn1. The summed E-state index contributed by atoms with van der Waals surface area (Å²) in [7, 11) is 0. The molecule has 0 spiro atoms. The van der Waals surface area contributed by atoms with E-state index in [1.807, 2.05) is 0 Å². The molecule has 0 aliphatic carbocycles. The molecule has 1 aliphatic rings. The van der Waals surface area contributed by atoms with E-state index in [1.54, 1.807) is 6.07 Å². The third-order valence-electron chi connectivity index (χ3n) is 4.11. The third kappa shape index (κ3) is 4.18. The molecule has 116 valence electrons. The fourth-order valence-electron chi connectivity index (χ4n) is 2.97. The summed E-state index contributed by atoms with van der Waals surface area (Å²) in [6.45, 7) is 3.34. The first-order valence-electron chi connectivity index (χ1n) is 7.90. The van der Waals surface area contributed by atoms with Gasteiger partial charge in [-0.25, -0.2) is 9.97 Å². The van der Waals surface area contributed by atoms with Crippen LogP contribution in [0.1, 0.15) is 18.4 Å². The maximum atomic E-state index is 5.70. The molecule has 1 atom stereocenters. The summed E-state index contributed by atoms with van der Waals surface area (Å²) in [6, 6.07) is 12.9. The molecular weight excluding hydrogens is 274 g/mol. The summed E-state index contributed by atoms with van der Waals surface area (Å²) in [4.78, 5) is 10.7. The largest absolute Gasteiger partial charge is 0.384 e. The van der Waals surface area contributed by atoms with Crippen LogP contribution >= 0.6 is 0 Å². The highest BCUT2D eigenvalue weighted by Crippen LogP contribution is 2.16. The number of hydrogen-bond acceptors (Lipinski definition) is 5.